The summed E-state index contributed by atoms with van der Waals surface area (Å²) in [6.07, 6.45) is 5.33. The highest BCUT2D eigenvalue weighted by Gasteiger charge is 2.25. The van der Waals surface area contributed by atoms with Gasteiger partial charge in [-0.3, -0.25) is 0 Å². The highest BCUT2D eigenvalue weighted by atomic mass is 16.5. The van der Waals surface area contributed by atoms with Crippen LogP contribution in [0.5, 0.6) is 6.01 Å². The summed E-state index contributed by atoms with van der Waals surface area (Å²) in [6.45, 7) is 4.54. The summed E-state index contributed by atoms with van der Waals surface area (Å²) < 4.78 is 5.77. The number of ether oxygens (including phenoxy) is 1. The number of anilines is 1. The average Bonchev–Trinajstić information content (AvgIpc) is 2.15. The van der Waals surface area contributed by atoms with E-state index in [0.29, 0.717) is 11.8 Å². The molecule has 0 amide bonds. The summed E-state index contributed by atoms with van der Waals surface area (Å²) >= 11 is 0. The van der Waals surface area contributed by atoms with E-state index in [1.165, 1.54) is 6.42 Å². The van der Waals surface area contributed by atoms with Gasteiger partial charge in [0, 0.05) is 6.20 Å². The number of nitrogen functional groups attached to an aromatic ring is 1. The van der Waals surface area contributed by atoms with E-state index >= 15 is 0 Å². The number of nitrogens with zero attached hydrogens (tertiary/aromatic N) is 2. The van der Waals surface area contributed by atoms with E-state index in [4.69, 9.17) is 10.5 Å². The third-order valence-corrected chi connectivity index (χ3v) is 3.06. The standard InChI is InChI=1S/C12H19N3O/c1-8-5-9(2)7-10(6-8)16-12-14-4-3-11(13)15-12/h3-4,8-10H,5-7H2,1-2H3,(H2,13,14,15). The first-order chi connectivity index (χ1) is 7.63. The third-order valence-electron chi connectivity index (χ3n) is 3.06. The minimum atomic E-state index is 0.237. The molecule has 4 heteroatoms. The van der Waals surface area contributed by atoms with Crippen molar-refractivity contribution in [2.75, 3.05) is 5.73 Å². The number of hydrogen-bond donors (Lipinski definition) is 1. The molecule has 1 aliphatic carbocycles. The Balaban J connectivity index is 1.98. The highest BCUT2D eigenvalue weighted by molar-refractivity contribution is 5.26. The second-order valence-electron chi connectivity index (χ2n) is 4.92. The van der Waals surface area contributed by atoms with Crippen LogP contribution in [0.4, 0.5) is 5.82 Å². The molecule has 16 heavy (non-hydrogen) atoms. The van der Waals surface area contributed by atoms with Gasteiger partial charge >= 0.3 is 6.01 Å². The van der Waals surface area contributed by atoms with Gasteiger partial charge in [-0.25, -0.2) is 4.98 Å². The zero-order valence-corrected chi connectivity index (χ0v) is 9.89. The van der Waals surface area contributed by atoms with Gasteiger partial charge in [-0.2, -0.15) is 4.98 Å². The van der Waals surface area contributed by atoms with E-state index < -0.39 is 0 Å². The van der Waals surface area contributed by atoms with Gasteiger partial charge < -0.3 is 10.5 Å². The van der Waals surface area contributed by atoms with E-state index in [-0.39, 0.29) is 6.10 Å². The topological polar surface area (TPSA) is 61.0 Å². The lowest BCUT2D eigenvalue weighted by molar-refractivity contribution is 0.0921. The second kappa shape index (κ2) is 4.68. The van der Waals surface area contributed by atoms with Crippen LogP contribution in [-0.2, 0) is 0 Å². The summed E-state index contributed by atoms with van der Waals surface area (Å²) in [5.74, 6) is 1.89. The zero-order valence-electron chi connectivity index (χ0n) is 9.89. The maximum Gasteiger partial charge on any atom is 0.318 e. The molecular formula is C12H19N3O. The number of aromatic nitrogens is 2. The van der Waals surface area contributed by atoms with Crippen molar-refractivity contribution in [3.05, 3.63) is 12.3 Å². The molecule has 1 fully saturated rings. The van der Waals surface area contributed by atoms with Crippen LogP contribution < -0.4 is 10.5 Å². The van der Waals surface area contributed by atoms with Crippen LogP contribution in [0.2, 0.25) is 0 Å². The molecule has 1 aliphatic rings. The minimum absolute atomic E-state index is 0.237. The van der Waals surface area contributed by atoms with E-state index in [2.05, 4.69) is 23.8 Å². The van der Waals surface area contributed by atoms with Crippen LogP contribution in [0.25, 0.3) is 0 Å². The average molecular weight is 221 g/mol. The maximum absolute atomic E-state index is 5.77. The van der Waals surface area contributed by atoms with Gasteiger partial charge in [0.2, 0.25) is 0 Å². The Kier molecular flexibility index (Phi) is 3.27. The number of rotatable bonds is 2. The summed E-state index contributed by atoms with van der Waals surface area (Å²) in [7, 11) is 0. The van der Waals surface area contributed by atoms with Crippen molar-refractivity contribution in [2.45, 2.75) is 39.2 Å². The van der Waals surface area contributed by atoms with Gasteiger partial charge in [0.1, 0.15) is 11.9 Å². The van der Waals surface area contributed by atoms with E-state index in [1.807, 2.05) is 0 Å². The lowest BCUT2D eigenvalue weighted by Gasteiger charge is -2.30. The van der Waals surface area contributed by atoms with Gasteiger partial charge in [0.05, 0.1) is 0 Å². The molecule has 1 heterocycles. The van der Waals surface area contributed by atoms with Crippen molar-refractivity contribution in [1.29, 1.82) is 0 Å². The first-order valence-corrected chi connectivity index (χ1v) is 5.88. The maximum atomic E-state index is 5.77. The van der Waals surface area contributed by atoms with Crippen LogP contribution in [-0.4, -0.2) is 16.1 Å². The lowest BCUT2D eigenvalue weighted by Crippen LogP contribution is -2.29. The van der Waals surface area contributed by atoms with Crippen molar-refractivity contribution in [3.8, 4) is 6.01 Å². The Bertz CT molecular complexity index is 346. The van der Waals surface area contributed by atoms with E-state index in [1.54, 1.807) is 12.3 Å². The Morgan fingerprint density at radius 3 is 2.56 bits per heavy atom. The molecule has 0 radical (unpaired) electrons. The van der Waals surface area contributed by atoms with Crippen LogP contribution in [0, 0.1) is 11.8 Å². The lowest BCUT2D eigenvalue weighted by atomic mass is 9.82. The smallest absolute Gasteiger partial charge is 0.318 e. The molecule has 88 valence electrons. The molecule has 2 rings (SSSR count). The van der Waals surface area contributed by atoms with Crippen molar-refractivity contribution < 1.29 is 4.74 Å². The van der Waals surface area contributed by atoms with Crippen molar-refractivity contribution in [1.82, 2.24) is 9.97 Å². The third kappa shape index (κ3) is 2.84. The summed E-state index contributed by atoms with van der Waals surface area (Å²) in [4.78, 5) is 8.13. The molecule has 2 unspecified atom stereocenters. The van der Waals surface area contributed by atoms with E-state index in [9.17, 15) is 0 Å². The van der Waals surface area contributed by atoms with E-state index in [0.717, 1.165) is 24.7 Å². The fourth-order valence-electron chi connectivity index (χ4n) is 2.53. The molecule has 1 aromatic heterocycles. The van der Waals surface area contributed by atoms with Crippen molar-refractivity contribution in [3.63, 3.8) is 0 Å². The summed E-state index contributed by atoms with van der Waals surface area (Å²) in [5.41, 5.74) is 5.59. The summed E-state index contributed by atoms with van der Waals surface area (Å²) in [6, 6.07) is 2.07. The SMILES string of the molecule is CC1CC(C)CC(Oc2nccc(N)n2)C1. The Morgan fingerprint density at radius 2 is 1.94 bits per heavy atom. The molecule has 4 nitrogen and oxygen atoms in total. The van der Waals surface area contributed by atoms with Crippen LogP contribution in [0.3, 0.4) is 0 Å². The predicted molar refractivity (Wildman–Crippen MR) is 63.0 cm³/mol. The van der Waals surface area contributed by atoms with Crippen LogP contribution >= 0.6 is 0 Å². The zero-order chi connectivity index (χ0) is 11.5. The highest BCUT2D eigenvalue weighted by Crippen LogP contribution is 2.30. The summed E-state index contributed by atoms with van der Waals surface area (Å²) in [5, 5.41) is 0. The van der Waals surface area contributed by atoms with Gasteiger partial charge in [0.15, 0.2) is 0 Å². The van der Waals surface area contributed by atoms with Gasteiger partial charge in [-0.05, 0) is 37.2 Å². The fraction of sp³-hybridized carbons (Fsp3) is 0.667. The number of hydrogen-bond acceptors (Lipinski definition) is 4. The van der Waals surface area contributed by atoms with Crippen molar-refractivity contribution in [2.24, 2.45) is 11.8 Å². The molecular weight excluding hydrogens is 202 g/mol. The van der Waals surface area contributed by atoms with Gasteiger partial charge in [-0.15, -0.1) is 0 Å². The molecule has 1 aromatic rings. The first kappa shape index (κ1) is 11.2. The number of nitrogens with two attached hydrogens (primary N) is 1. The van der Waals surface area contributed by atoms with Crippen LogP contribution in [0.1, 0.15) is 33.1 Å². The molecule has 2 N–H and O–H groups in total. The first-order valence-electron chi connectivity index (χ1n) is 5.88. The Hall–Kier alpha value is -1.32. The molecule has 0 saturated heterocycles. The van der Waals surface area contributed by atoms with Crippen LogP contribution in [0.15, 0.2) is 12.3 Å². The Morgan fingerprint density at radius 1 is 1.25 bits per heavy atom. The monoisotopic (exact) mass is 221 g/mol. The minimum Gasteiger partial charge on any atom is -0.460 e. The molecule has 2 atom stereocenters. The fourth-order valence-corrected chi connectivity index (χ4v) is 2.53. The molecule has 0 aliphatic heterocycles. The Labute approximate surface area is 96.2 Å². The largest absolute Gasteiger partial charge is 0.460 e. The molecule has 0 bridgehead atoms. The van der Waals surface area contributed by atoms with Crippen molar-refractivity contribution >= 4 is 5.82 Å². The quantitative estimate of drug-likeness (QED) is 0.832. The predicted octanol–water partition coefficient (Wildman–Crippen LogP) is 2.26. The molecule has 1 saturated carbocycles. The van der Waals surface area contributed by atoms with Gasteiger partial charge in [0.25, 0.3) is 0 Å². The molecule has 0 spiro atoms. The molecule has 0 aromatic carbocycles. The second-order valence-corrected chi connectivity index (χ2v) is 4.92. The van der Waals surface area contributed by atoms with Gasteiger partial charge in [-0.1, -0.05) is 13.8 Å². The normalized spacial score (nSPS) is 30.0.